The lowest BCUT2D eigenvalue weighted by Gasteiger charge is -2.30. The van der Waals surface area contributed by atoms with Crippen LogP contribution in [0.15, 0.2) is 58.3 Å². The van der Waals surface area contributed by atoms with Crippen molar-refractivity contribution in [2.75, 3.05) is 0 Å². The van der Waals surface area contributed by atoms with Crippen molar-refractivity contribution in [3.8, 4) is 0 Å². The lowest BCUT2D eigenvalue weighted by Crippen LogP contribution is -2.18. The highest BCUT2D eigenvalue weighted by molar-refractivity contribution is 8.06. The lowest BCUT2D eigenvalue weighted by molar-refractivity contribution is 0.618. The molecule has 2 heteroatoms. The van der Waals surface area contributed by atoms with Crippen molar-refractivity contribution in [3.63, 3.8) is 0 Å². The van der Waals surface area contributed by atoms with Crippen molar-refractivity contribution >= 4 is 11.8 Å². The number of hydrogen-bond acceptors (Lipinski definition) is 2. The molecule has 0 aromatic carbocycles. The molecule has 3 rings (SSSR count). The highest BCUT2D eigenvalue weighted by Gasteiger charge is 2.21. The van der Waals surface area contributed by atoms with E-state index in [1.165, 1.54) is 16.2 Å². The minimum Gasteiger partial charge on any atom is -0.323 e. The zero-order valence-corrected chi connectivity index (χ0v) is 7.92. The van der Waals surface area contributed by atoms with Gasteiger partial charge in [-0.1, -0.05) is 17.8 Å². The quantitative estimate of drug-likeness (QED) is 0.573. The molecule has 13 heavy (non-hydrogen) atoms. The average molecular weight is 187 g/mol. The van der Waals surface area contributed by atoms with Crippen molar-refractivity contribution in [3.05, 3.63) is 58.3 Å². The summed E-state index contributed by atoms with van der Waals surface area (Å²) in [6.45, 7) is 0. The first kappa shape index (κ1) is 7.27. The van der Waals surface area contributed by atoms with E-state index in [0.717, 1.165) is 6.42 Å². The standard InChI is InChI=1S/C11H9NS/c1-3-9-5-8-13-10-4-2-7-12(6-1)11(9)10/h1-2,4-8H,3H2. The Balaban J connectivity index is 2.18. The second kappa shape index (κ2) is 2.67. The molecular formula is C11H9NS. The van der Waals surface area contributed by atoms with Gasteiger partial charge in [0.15, 0.2) is 0 Å². The van der Waals surface area contributed by atoms with Crippen LogP contribution >= 0.6 is 11.8 Å². The molecule has 0 unspecified atom stereocenters. The Hall–Kier alpha value is -1.15. The monoisotopic (exact) mass is 187 g/mol. The first-order chi connectivity index (χ1) is 6.45. The summed E-state index contributed by atoms with van der Waals surface area (Å²) < 4.78 is 0. The van der Waals surface area contributed by atoms with Gasteiger partial charge in [0.2, 0.25) is 0 Å². The summed E-state index contributed by atoms with van der Waals surface area (Å²) in [5.74, 6) is 0. The van der Waals surface area contributed by atoms with Crippen LogP contribution in [-0.4, -0.2) is 4.90 Å². The van der Waals surface area contributed by atoms with Gasteiger partial charge in [-0.15, -0.1) is 0 Å². The van der Waals surface area contributed by atoms with E-state index in [0.29, 0.717) is 0 Å². The molecule has 0 radical (unpaired) electrons. The minimum absolute atomic E-state index is 1.06. The highest BCUT2D eigenvalue weighted by Crippen LogP contribution is 2.40. The SMILES string of the molecule is C1=CN2C=CCC3=C2C(=C1)SC=C3. The maximum absolute atomic E-state index is 2.22. The van der Waals surface area contributed by atoms with Gasteiger partial charge in [-0.05, 0) is 35.6 Å². The third-order valence-corrected chi connectivity index (χ3v) is 3.21. The van der Waals surface area contributed by atoms with Crippen LogP contribution in [0.3, 0.4) is 0 Å². The molecule has 0 aromatic heterocycles. The molecule has 64 valence electrons. The number of rotatable bonds is 0. The minimum atomic E-state index is 1.06. The van der Waals surface area contributed by atoms with E-state index in [1.807, 2.05) is 0 Å². The van der Waals surface area contributed by atoms with Crippen molar-refractivity contribution in [2.24, 2.45) is 0 Å². The van der Waals surface area contributed by atoms with Crippen molar-refractivity contribution in [1.82, 2.24) is 4.90 Å². The van der Waals surface area contributed by atoms with E-state index in [2.05, 4.69) is 47.0 Å². The topological polar surface area (TPSA) is 3.24 Å². The van der Waals surface area contributed by atoms with Gasteiger partial charge in [-0.25, -0.2) is 0 Å². The van der Waals surface area contributed by atoms with E-state index in [9.17, 15) is 0 Å². The Kier molecular flexibility index (Phi) is 1.49. The Labute approximate surface area is 81.8 Å². The molecule has 3 aliphatic heterocycles. The van der Waals surface area contributed by atoms with Gasteiger partial charge in [0.1, 0.15) is 0 Å². The number of allylic oxidation sites excluding steroid dienone is 5. The Morgan fingerprint density at radius 2 is 2.31 bits per heavy atom. The third kappa shape index (κ3) is 1.02. The number of hydrogen-bond donors (Lipinski definition) is 0. The molecule has 0 aliphatic carbocycles. The summed E-state index contributed by atoms with van der Waals surface area (Å²) in [6, 6.07) is 0. The van der Waals surface area contributed by atoms with E-state index in [1.54, 1.807) is 11.8 Å². The van der Waals surface area contributed by atoms with Gasteiger partial charge in [-0.2, -0.15) is 0 Å². The van der Waals surface area contributed by atoms with Gasteiger partial charge < -0.3 is 4.90 Å². The first-order valence-electron chi connectivity index (χ1n) is 4.35. The van der Waals surface area contributed by atoms with Crippen LogP contribution in [0.5, 0.6) is 0 Å². The van der Waals surface area contributed by atoms with E-state index >= 15 is 0 Å². The maximum atomic E-state index is 2.22. The largest absolute Gasteiger partial charge is 0.323 e. The van der Waals surface area contributed by atoms with Crippen LogP contribution < -0.4 is 0 Å². The Morgan fingerprint density at radius 1 is 1.31 bits per heavy atom. The van der Waals surface area contributed by atoms with Crippen LogP contribution in [0, 0.1) is 0 Å². The van der Waals surface area contributed by atoms with Gasteiger partial charge in [0.05, 0.1) is 5.70 Å². The van der Waals surface area contributed by atoms with Crippen molar-refractivity contribution in [2.45, 2.75) is 6.42 Å². The molecule has 0 spiro atoms. The van der Waals surface area contributed by atoms with E-state index in [-0.39, 0.29) is 0 Å². The highest BCUT2D eigenvalue weighted by atomic mass is 32.2. The fourth-order valence-electron chi connectivity index (χ4n) is 1.77. The van der Waals surface area contributed by atoms with Crippen LogP contribution in [0.1, 0.15) is 6.42 Å². The van der Waals surface area contributed by atoms with Gasteiger partial charge >= 0.3 is 0 Å². The van der Waals surface area contributed by atoms with Gasteiger partial charge in [0.25, 0.3) is 0 Å². The molecule has 0 atom stereocenters. The number of nitrogens with zero attached hydrogens (tertiary/aromatic N) is 1. The van der Waals surface area contributed by atoms with Crippen molar-refractivity contribution in [1.29, 1.82) is 0 Å². The summed E-state index contributed by atoms with van der Waals surface area (Å²) >= 11 is 1.80. The smallest absolute Gasteiger partial charge is 0.0624 e. The van der Waals surface area contributed by atoms with Crippen LogP contribution in [-0.2, 0) is 0 Å². The molecular weight excluding hydrogens is 178 g/mol. The molecule has 0 fully saturated rings. The first-order valence-corrected chi connectivity index (χ1v) is 5.23. The summed E-state index contributed by atoms with van der Waals surface area (Å²) in [4.78, 5) is 3.56. The fourth-order valence-corrected chi connectivity index (χ4v) is 2.66. The maximum Gasteiger partial charge on any atom is 0.0624 e. The summed E-state index contributed by atoms with van der Waals surface area (Å²) in [7, 11) is 0. The van der Waals surface area contributed by atoms with Crippen LogP contribution in [0.4, 0.5) is 0 Å². The molecule has 0 N–H and O–H groups in total. The molecule has 0 aromatic rings. The zero-order chi connectivity index (χ0) is 8.67. The molecule has 1 nitrogen and oxygen atoms in total. The summed E-state index contributed by atoms with van der Waals surface area (Å²) in [6.07, 6.45) is 14.0. The molecule has 3 heterocycles. The Morgan fingerprint density at radius 3 is 3.31 bits per heavy atom. The molecule has 0 bridgehead atoms. The second-order valence-corrected chi connectivity index (χ2v) is 4.11. The predicted octanol–water partition coefficient (Wildman–Crippen LogP) is 3.13. The zero-order valence-electron chi connectivity index (χ0n) is 7.10. The summed E-state index contributed by atoms with van der Waals surface area (Å²) in [5, 5.41) is 2.17. The predicted molar refractivity (Wildman–Crippen MR) is 56.6 cm³/mol. The number of thioether (sulfide) groups is 1. The summed E-state index contributed by atoms with van der Waals surface area (Å²) in [5.41, 5.74) is 2.80. The van der Waals surface area contributed by atoms with E-state index < -0.39 is 0 Å². The fraction of sp³-hybridized carbons (Fsp3) is 0.0909. The van der Waals surface area contributed by atoms with Crippen LogP contribution in [0.25, 0.3) is 0 Å². The van der Waals surface area contributed by atoms with E-state index in [4.69, 9.17) is 0 Å². The molecule has 3 aliphatic rings. The average Bonchev–Trinajstić information content (AvgIpc) is 2.19. The van der Waals surface area contributed by atoms with Crippen LogP contribution in [0.2, 0.25) is 0 Å². The molecule has 0 saturated heterocycles. The normalized spacial score (nSPS) is 23.4. The van der Waals surface area contributed by atoms with Gasteiger partial charge in [-0.3, -0.25) is 0 Å². The second-order valence-electron chi connectivity index (χ2n) is 3.16. The molecule has 0 saturated carbocycles. The lowest BCUT2D eigenvalue weighted by atomic mass is 10.0. The van der Waals surface area contributed by atoms with Crippen molar-refractivity contribution < 1.29 is 0 Å². The third-order valence-electron chi connectivity index (χ3n) is 2.36. The Bertz CT molecular complexity index is 396. The van der Waals surface area contributed by atoms with Gasteiger partial charge in [0, 0.05) is 17.3 Å². The molecule has 0 amide bonds.